The first-order chi connectivity index (χ1) is 7.15. The van der Waals surface area contributed by atoms with E-state index < -0.39 is 0 Å². The zero-order valence-corrected chi connectivity index (χ0v) is 11.3. The van der Waals surface area contributed by atoms with Crippen LogP contribution in [0.25, 0.3) is 0 Å². The zero-order chi connectivity index (χ0) is 11.3. The van der Waals surface area contributed by atoms with Crippen molar-refractivity contribution in [3.8, 4) is 0 Å². The molecule has 3 heteroatoms. The van der Waals surface area contributed by atoms with E-state index in [1.54, 1.807) is 0 Å². The van der Waals surface area contributed by atoms with E-state index in [0.717, 1.165) is 21.5 Å². The molecule has 84 valence electrons. The van der Waals surface area contributed by atoms with Gasteiger partial charge in [-0.3, -0.25) is 0 Å². The van der Waals surface area contributed by atoms with Gasteiger partial charge in [-0.25, -0.2) is 0 Å². The molecular formula is C12H17BrClN. The van der Waals surface area contributed by atoms with Gasteiger partial charge < -0.3 is 5.73 Å². The van der Waals surface area contributed by atoms with Gasteiger partial charge in [0.05, 0.1) is 0 Å². The number of hydrogen-bond donors (Lipinski definition) is 1. The molecule has 0 saturated heterocycles. The van der Waals surface area contributed by atoms with E-state index in [4.69, 9.17) is 17.3 Å². The largest absolute Gasteiger partial charge is 0.324 e. The third kappa shape index (κ3) is 4.13. The molecular weight excluding hydrogens is 273 g/mol. The Bertz CT molecular complexity index is 314. The lowest BCUT2D eigenvalue weighted by molar-refractivity contribution is 0.580. The smallest absolute Gasteiger partial charge is 0.0417 e. The van der Waals surface area contributed by atoms with Gasteiger partial charge in [-0.15, -0.1) is 0 Å². The molecule has 0 unspecified atom stereocenters. The Hall–Kier alpha value is -0.0500. The number of rotatable bonds is 5. The lowest BCUT2D eigenvalue weighted by atomic mass is 10.0. The van der Waals surface area contributed by atoms with Gasteiger partial charge in [-0.05, 0) is 24.1 Å². The molecule has 1 rings (SSSR count). The maximum atomic E-state index is 6.11. The fraction of sp³-hybridized carbons (Fsp3) is 0.500. The third-order valence-electron chi connectivity index (χ3n) is 2.48. The van der Waals surface area contributed by atoms with Crippen LogP contribution >= 0.6 is 27.5 Å². The highest BCUT2D eigenvalue weighted by atomic mass is 79.9. The molecule has 15 heavy (non-hydrogen) atoms. The normalized spacial score (nSPS) is 12.8. The Morgan fingerprint density at radius 3 is 2.73 bits per heavy atom. The number of benzene rings is 1. The molecule has 0 amide bonds. The Balaban J connectivity index is 2.61. The molecule has 0 saturated carbocycles. The van der Waals surface area contributed by atoms with Crippen molar-refractivity contribution in [2.75, 3.05) is 0 Å². The summed E-state index contributed by atoms with van der Waals surface area (Å²) in [6, 6.07) is 5.91. The molecule has 0 aromatic heterocycles. The summed E-state index contributed by atoms with van der Waals surface area (Å²) < 4.78 is 1.01. The standard InChI is InChI=1S/C12H17BrClN/c1-2-3-4-5-12(15)10-7-6-9(14)8-11(10)13/h6-8,12H,2-5,15H2,1H3/t12-/m0/s1. The summed E-state index contributed by atoms with van der Waals surface area (Å²) in [7, 11) is 0. The van der Waals surface area contributed by atoms with Crippen molar-refractivity contribution >= 4 is 27.5 Å². The summed E-state index contributed by atoms with van der Waals surface area (Å²) in [5, 5.41) is 0.742. The van der Waals surface area contributed by atoms with Crippen molar-refractivity contribution in [1.29, 1.82) is 0 Å². The summed E-state index contributed by atoms with van der Waals surface area (Å²) in [5.74, 6) is 0. The van der Waals surface area contributed by atoms with Crippen LogP contribution in [-0.4, -0.2) is 0 Å². The first-order valence-electron chi connectivity index (χ1n) is 5.35. The highest BCUT2D eigenvalue weighted by Gasteiger charge is 2.09. The molecule has 0 radical (unpaired) electrons. The van der Waals surface area contributed by atoms with Crippen LogP contribution in [0.1, 0.15) is 44.2 Å². The molecule has 0 fully saturated rings. The molecule has 0 spiro atoms. The summed E-state index contributed by atoms with van der Waals surface area (Å²) in [6.07, 6.45) is 4.70. The Morgan fingerprint density at radius 1 is 1.40 bits per heavy atom. The molecule has 0 bridgehead atoms. The van der Waals surface area contributed by atoms with Crippen molar-refractivity contribution in [2.45, 2.75) is 38.6 Å². The van der Waals surface area contributed by atoms with Gasteiger partial charge in [0.25, 0.3) is 0 Å². The highest BCUT2D eigenvalue weighted by Crippen LogP contribution is 2.28. The Kier molecular flexibility index (Phi) is 5.65. The number of halogens is 2. The van der Waals surface area contributed by atoms with Crippen molar-refractivity contribution < 1.29 is 0 Å². The Morgan fingerprint density at radius 2 is 2.13 bits per heavy atom. The van der Waals surface area contributed by atoms with Crippen LogP contribution in [0.15, 0.2) is 22.7 Å². The quantitative estimate of drug-likeness (QED) is 0.783. The van der Waals surface area contributed by atoms with Crippen molar-refractivity contribution in [3.05, 3.63) is 33.3 Å². The molecule has 1 nitrogen and oxygen atoms in total. The Labute approximate surface area is 105 Å². The molecule has 0 aliphatic heterocycles. The van der Waals surface area contributed by atoms with Gasteiger partial charge in [0.1, 0.15) is 0 Å². The van der Waals surface area contributed by atoms with Crippen molar-refractivity contribution in [1.82, 2.24) is 0 Å². The minimum absolute atomic E-state index is 0.114. The second-order valence-electron chi connectivity index (χ2n) is 3.77. The average Bonchev–Trinajstić information content (AvgIpc) is 2.17. The molecule has 1 aromatic carbocycles. The van der Waals surface area contributed by atoms with E-state index in [1.165, 1.54) is 19.3 Å². The third-order valence-corrected chi connectivity index (χ3v) is 3.40. The minimum atomic E-state index is 0.114. The van der Waals surface area contributed by atoms with Crippen LogP contribution in [0.4, 0.5) is 0 Å². The molecule has 0 aliphatic rings. The molecule has 1 atom stereocenters. The molecule has 2 N–H and O–H groups in total. The average molecular weight is 291 g/mol. The summed E-state index contributed by atoms with van der Waals surface area (Å²) in [6.45, 7) is 2.20. The minimum Gasteiger partial charge on any atom is -0.324 e. The predicted octanol–water partition coefficient (Wildman–Crippen LogP) is 4.68. The summed E-state index contributed by atoms with van der Waals surface area (Å²) in [5.41, 5.74) is 7.26. The van der Waals surface area contributed by atoms with E-state index in [-0.39, 0.29) is 6.04 Å². The highest BCUT2D eigenvalue weighted by molar-refractivity contribution is 9.10. The van der Waals surface area contributed by atoms with E-state index in [0.29, 0.717) is 0 Å². The maximum absolute atomic E-state index is 6.11. The lowest BCUT2D eigenvalue weighted by Crippen LogP contribution is -2.10. The topological polar surface area (TPSA) is 26.0 Å². The van der Waals surface area contributed by atoms with Gasteiger partial charge >= 0.3 is 0 Å². The van der Waals surface area contributed by atoms with Gasteiger partial charge in [-0.2, -0.15) is 0 Å². The first kappa shape index (κ1) is 13.0. The van der Waals surface area contributed by atoms with Crippen LogP contribution in [0.5, 0.6) is 0 Å². The van der Waals surface area contributed by atoms with E-state index in [2.05, 4.69) is 22.9 Å². The van der Waals surface area contributed by atoms with Gasteiger partial charge in [0, 0.05) is 15.5 Å². The van der Waals surface area contributed by atoms with Crippen molar-refractivity contribution in [2.24, 2.45) is 5.73 Å². The van der Waals surface area contributed by atoms with Crippen LogP contribution in [0, 0.1) is 0 Å². The predicted molar refractivity (Wildman–Crippen MR) is 70.2 cm³/mol. The second-order valence-corrected chi connectivity index (χ2v) is 5.06. The zero-order valence-electron chi connectivity index (χ0n) is 8.97. The van der Waals surface area contributed by atoms with Crippen LogP contribution < -0.4 is 5.73 Å². The van der Waals surface area contributed by atoms with Gasteiger partial charge in [-0.1, -0.05) is 59.8 Å². The van der Waals surface area contributed by atoms with Crippen LogP contribution in [0.3, 0.4) is 0 Å². The van der Waals surface area contributed by atoms with Gasteiger partial charge in [0.2, 0.25) is 0 Å². The SMILES string of the molecule is CCCCC[C@H](N)c1ccc(Cl)cc1Br. The molecule has 0 heterocycles. The van der Waals surface area contributed by atoms with E-state index >= 15 is 0 Å². The summed E-state index contributed by atoms with van der Waals surface area (Å²) in [4.78, 5) is 0. The second kappa shape index (κ2) is 6.51. The molecule has 1 aromatic rings. The number of nitrogens with two attached hydrogens (primary N) is 1. The monoisotopic (exact) mass is 289 g/mol. The fourth-order valence-electron chi connectivity index (χ4n) is 1.57. The first-order valence-corrected chi connectivity index (χ1v) is 6.52. The fourth-order valence-corrected chi connectivity index (χ4v) is 2.55. The van der Waals surface area contributed by atoms with Crippen LogP contribution in [-0.2, 0) is 0 Å². The van der Waals surface area contributed by atoms with Crippen molar-refractivity contribution in [3.63, 3.8) is 0 Å². The number of unbranched alkanes of at least 4 members (excludes halogenated alkanes) is 2. The lowest BCUT2D eigenvalue weighted by Gasteiger charge is -2.13. The van der Waals surface area contributed by atoms with E-state index in [1.807, 2.05) is 18.2 Å². The van der Waals surface area contributed by atoms with Crippen LogP contribution in [0.2, 0.25) is 5.02 Å². The maximum Gasteiger partial charge on any atom is 0.0417 e. The van der Waals surface area contributed by atoms with E-state index in [9.17, 15) is 0 Å². The number of hydrogen-bond acceptors (Lipinski definition) is 1. The van der Waals surface area contributed by atoms with Gasteiger partial charge in [0.15, 0.2) is 0 Å². The summed E-state index contributed by atoms with van der Waals surface area (Å²) >= 11 is 9.37. The molecule has 0 aliphatic carbocycles.